The molecule has 170 valence electrons. The Kier molecular flexibility index (Phi) is 6.80. The Hall–Kier alpha value is -2.86. The van der Waals surface area contributed by atoms with E-state index < -0.39 is 11.8 Å². The first kappa shape index (κ1) is 22.3. The van der Waals surface area contributed by atoms with Crippen molar-refractivity contribution in [3.63, 3.8) is 0 Å². The van der Waals surface area contributed by atoms with Gasteiger partial charge in [-0.2, -0.15) is 0 Å². The lowest BCUT2D eigenvalue weighted by Crippen LogP contribution is -2.41. The molecule has 2 aromatic rings. The number of hydrogen-bond donors (Lipinski definition) is 2. The van der Waals surface area contributed by atoms with E-state index in [-0.39, 0.29) is 6.04 Å². The summed E-state index contributed by atoms with van der Waals surface area (Å²) in [7, 11) is 2.14. The molecule has 6 heteroatoms. The Labute approximate surface area is 191 Å². The second-order valence-corrected chi connectivity index (χ2v) is 9.15. The summed E-state index contributed by atoms with van der Waals surface area (Å²) in [5.41, 5.74) is 6.63. The van der Waals surface area contributed by atoms with E-state index in [4.69, 9.17) is 0 Å². The number of nitrogens with one attached hydrogen (secondary N) is 2. The summed E-state index contributed by atoms with van der Waals surface area (Å²) in [5.74, 6) is -1.21. The second-order valence-electron chi connectivity index (χ2n) is 9.15. The summed E-state index contributed by atoms with van der Waals surface area (Å²) in [6.07, 6.45) is 4.60. The molecular formula is C26H34N4O2. The minimum atomic E-state index is -0.621. The molecule has 0 aromatic heterocycles. The fourth-order valence-corrected chi connectivity index (χ4v) is 4.93. The van der Waals surface area contributed by atoms with Gasteiger partial charge in [-0.05, 0) is 81.4 Å². The first-order chi connectivity index (χ1) is 15.4. The Morgan fingerprint density at radius 1 is 0.969 bits per heavy atom. The van der Waals surface area contributed by atoms with Gasteiger partial charge >= 0.3 is 11.8 Å². The molecule has 0 aliphatic carbocycles. The van der Waals surface area contributed by atoms with Crippen molar-refractivity contribution in [1.29, 1.82) is 0 Å². The van der Waals surface area contributed by atoms with Gasteiger partial charge in [-0.25, -0.2) is 0 Å². The summed E-state index contributed by atoms with van der Waals surface area (Å²) in [5, 5.41) is 5.64. The van der Waals surface area contributed by atoms with Crippen molar-refractivity contribution < 1.29 is 9.59 Å². The predicted octanol–water partition coefficient (Wildman–Crippen LogP) is 3.58. The van der Waals surface area contributed by atoms with Gasteiger partial charge in [0, 0.05) is 31.5 Å². The van der Waals surface area contributed by atoms with Gasteiger partial charge in [0.25, 0.3) is 0 Å². The van der Waals surface area contributed by atoms with Gasteiger partial charge in [0.2, 0.25) is 0 Å². The number of rotatable bonds is 5. The van der Waals surface area contributed by atoms with Crippen molar-refractivity contribution in [3.05, 3.63) is 58.7 Å². The summed E-state index contributed by atoms with van der Waals surface area (Å²) < 4.78 is 0. The zero-order valence-corrected chi connectivity index (χ0v) is 19.4. The van der Waals surface area contributed by atoms with Gasteiger partial charge in [-0.3, -0.25) is 14.5 Å². The summed E-state index contributed by atoms with van der Waals surface area (Å²) in [6.45, 7) is 7.49. The van der Waals surface area contributed by atoms with E-state index in [2.05, 4.69) is 45.7 Å². The van der Waals surface area contributed by atoms with Crippen LogP contribution in [-0.2, 0) is 16.0 Å². The molecule has 0 saturated carbocycles. The molecule has 6 nitrogen and oxygen atoms in total. The maximum absolute atomic E-state index is 12.6. The molecule has 0 spiro atoms. The first-order valence-corrected chi connectivity index (χ1v) is 11.7. The van der Waals surface area contributed by atoms with E-state index in [1.807, 2.05) is 32.0 Å². The van der Waals surface area contributed by atoms with E-state index >= 15 is 0 Å². The quantitative estimate of drug-likeness (QED) is 0.706. The van der Waals surface area contributed by atoms with Crippen molar-refractivity contribution in [2.24, 2.45) is 0 Å². The van der Waals surface area contributed by atoms with Gasteiger partial charge in [-0.1, -0.05) is 29.8 Å². The largest absolute Gasteiger partial charge is 0.374 e. The average molecular weight is 435 g/mol. The van der Waals surface area contributed by atoms with Crippen LogP contribution >= 0.6 is 0 Å². The third kappa shape index (κ3) is 4.96. The highest BCUT2D eigenvalue weighted by molar-refractivity contribution is 6.39. The maximum atomic E-state index is 12.6. The van der Waals surface area contributed by atoms with Crippen LogP contribution in [0.15, 0.2) is 36.4 Å². The smallest absolute Gasteiger partial charge is 0.313 e. The number of anilines is 2. The molecule has 2 heterocycles. The van der Waals surface area contributed by atoms with Crippen molar-refractivity contribution >= 4 is 23.2 Å². The summed E-state index contributed by atoms with van der Waals surface area (Å²) >= 11 is 0. The summed E-state index contributed by atoms with van der Waals surface area (Å²) in [4.78, 5) is 29.8. The maximum Gasteiger partial charge on any atom is 0.313 e. The number of hydrogen-bond acceptors (Lipinski definition) is 4. The Morgan fingerprint density at radius 3 is 2.50 bits per heavy atom. The zero-order chi connectivity index (χ0) is 22.7. The highest BCUT2D eigenvalue weighted by Gasteiger charge is 2.26. The van der Waals surface area contributed by atoms with Gasteiger partial charge in [0.15, 0.2) is 0 Å². The minimum absolute atomic E-state index is 0.0768. The van der Waals surface area contributed by atoms with E-state index in [9.17, 15) is 9.59 Å². The molecule has 32 heavy (non-hydrogen) atoms. The molecule has 0 radical (unpaired) electrons. The number of benzene rings is 2. The molecule has 2 aromatic carbocycles. The number of carbonyl (C=O) groups excluding carboxylic acids is 2. The van der Waals surface area contributed by atoms with E-state index in [1.54, 1.807) is 0 Å². The monoisotopic (exact) mass is 434 g/mol. The Bertz CT molecular complexity index is 997. The molecule has 0 unspecified atom stereocenters. The van der Waals surface area contributed by atoms with Crippen LogP contribution in [0.1, 0.15) is 47.6 Å². The molecule has 2 aliphatic heterocycles. The normalized spacial score (nSPS) is 17.0. The van der Waals surface area contributed by atoms with Gasteiger partial charge in [0.05, 0.1) is 6.04 Å². The number of amides is 2. The highest BCUT2D eigenvalue weighted by Crippen LogP contribution is 2.31. The molecule has 2 aliphatic rings. The van der Waals surface area contributed by atoms with Crippen molar-refractivity contribution in [3.8, 4) is 0 Å². The number of aryl methyl sites for hydroxylation is 3. The van der Waals surface area contributed by atoms with E-state index in [0.717, 1.165) is 43.6 Å². The van der Waals surface area contributed by atoms with Crippen LogP contribution in [0, 0.1) is 13.8 Å². The van der Waals surface area contributed by atoms with Crippen LogP contribution in [-0.4, -0.2) is 49.9 Å². The highest BCUT2D eigenvalue weighted by atomic mass is 16.2. The molecule has 1 saturated heterocycles. The van der Waals surface area contributed by atoms with Gasteiger partial charge in [0.1, 0.15) is 0 Å². The molecule has 4 rings (SSSR count). The lowest BCUT2D eigenvalue weighted by Gasteiger charge is -2.31. The number of nitrogens with zero attached hydrogens (tertiary/aromatic N) is 2. The molecule has 1 fully saturated rings. The molecule has 2 N–H and O–H groups in total. The number of carbonyl (C=O) groups is 2. The van der Waals surface area contributed by atoms with Crippen LogP contribution in [0.2, 0.25) is 0 Å². The second kappa shape index (κ2) is 9.74. The van der Waals surface area contributed by atoms with Crippen molar-refractivity contribution in [1.82, 2.24) is 10.2 Å². The fraction of sp³-hybridized carbons (Fsp3) is 0.462. The lowest BCUT2D eigenvalue weighted by atomic mass is 9.96. The zero-order valence-electron chi connectivity index (χ0n) is 19.4. The SMILES string of the molecule is Cc1ccc(NC(=O)C(=O)NC[C@@H](c2ccc3c(c2)CCCN3C)N2CCCC2)c(C)c1. The van der Waals surface area contributed by atoms with Crippen LogP contribution in [0.4, 0.5) is 11.4 Å². The molecule has 1 atom stereocenters. The van der Waals surface area contributed by atoms with Gasteiger partial charge < -0.3 is 15.5 Å². The van der Waals surface area contributed by atoms with Crippen molar-refractivity contribution in [2.45, 2.75) is 45.6 Å². The van der Waals surface area contributed by atoms with Crippen molar-refractivity contribution in [2.75, 3.05) is 43.4 Å². The molecule has 0 bridgehead atoms. The number of fused-ring (bicyclic) bond motifs is 1. The standard InChI is InChI=1S/C26H34N4O2/c1-18-8-10-22(19(2)15-18)28-26(32)25(31)27-17-24(30-13-4-5-14-30)21-9-11-23-20(16-21)7-6-12-29(23)3/h8-11,15-16,24H,4-7,12-14,17H2,1-3H3,(H,27,31)(H,28,32)/t24-/m0/s1. The van der Waals surface area contributed by atoms with Gasteiger partial charge in [-0.15, -0.1) is 0 Å². The first-order valence-electron chi connectivity index (χ1n) is 11.7. The van der Waals surface area contributed by atoms with Crippen LogP contribution in [0.5, 0.6) is 0 Å². The van der Waals surface area contributed by atoms with Crippen LogP contribution in [0.3, 0.4) is 0 Å². The fourth-order valence-electron chi connectivity index (χ4n) is 4.93. The predicted molar refractivity (Wildman–Crippen MR) is 129 cm³/mol. The average Bonchev–Trinajstić information content (AvgIpc) is 3.30. The third-order valence-corrected chi connectivity index (χ3v) is 6.71. The van der Waals surface area contributed by atoms with Crippen LogP contribution < -0.4 is 15.5 Å². The Morgan fingerprint density at radius 2 is 1.75 bits per heavy atom. The summed E-state index contributed by atoms with van der Waals surface area (Å²) in [6, 6.07) is 12.5. The molecular weight excluding hydrogens is 400 g/mol. The topological polar surface area (TPSA) is 64.7 Å². The lowest BCUT2D eigenvalue weighted by molar-refractivity contribution is -0.136. The Balaban J connectivity index is 1.45. The molecule has 2 amide bonds. The van der Waals surface area contributed by atoms with Crippen LogP contribution in [0.25, 0.3) is 0 Å². The third-order valence-electron chi connectivity index (χ3n) is 6.71. The van der Waals surface area contributed by atoms with E-state index in [1.165, 1.54) is 29.7 Å². The van der Waals surface area contributed by atoms with E-state index in [0.29, 0.717) is 12.2 Å². The minimum Gasteiger partial charge on any atom is -0.374 e. The number of likely N-dealkylation sites (tertiary alicyclic amines) is 1.